The van der Waals surface area contributed by atoms with Crippen LogP contribution in [0.2, 0.25) is 0 Å². The van der Waals surface area contributed by atoms with Crippen LogP contribution in [-0.2, 0) is 16.4 Å². The maximum absolute atomic E-state index is 12.6. The molecule has 0 radical (unpaired) electrons. The van der Waals surface area contributed by atoms with E-state index in [0.717, 1.165) is 30.6 Å². The number of fused-ring (bicyclic) bond motifs is 1. The van der Waals surface area contributed by atoms with Crippen LogP contribution >= 0.6 is 0 Å². The Morgan fingerprint density at radius 2 is 2.00 bits per heavy atom. The summed E-state index contributed by atoms with van der Waals surface area (Å²) in [5, 5.41) is 3.27. The molecule has 20 heavy (non-hydrogen) atoms. The Morgan fingerprint density at radius 3 is 2.65 bits per heavy atom. The number of hydrogen-bond donors (Lipinski definition) is 2. The third-order valence-corrected chi connectivity index (χ3v) is 5.60. The number of rotatable bonds is 3. The third-order valence-electron chi connectivity index (χ3n) is 3.97. The fourth-order valence-electron chi connectivity index (χ4n) is 2.20. The molecule has 0 spiro atoms. The van der Waals surface area contributed by atoms with Gasteiger partial charge < -0.3 is 5.32 Å². The van der Waals surface area contributed by atoms with Gasteiger partial charge in [0.25, 0.3) is 0 Å². The minimum Gasteiger partial charge on any atom is -0.385 e. The number of nitrogens with one attached hydrogen (secondary N) is 2. The highest BCUT2D eigenvalue weighted by Crippen LogP contribution is 2.29. The van der Waals surface area contributed by atoms with Crippen LogP contribution in [-0.4, -0.2) is 21.0 Å². The quantitative estimate of drug-likeness (QED) is 0.901. The molecule has 1 unspecified atom stereocenters. The van der Waals surface area contributed by atoms with Crippen molar-refractivity contribution in [2.45, 2.75) is 51.5 Å². The maximum atomic E-state index is 12.6. The van der Waals surface area contributed by atoms with Crippen LogP contribution in [0.4, 0.5) is 5.69 Å². The monoisotopic (exact) mass is 296 g/mol. The molecule has 4 nitrogen and oxygen atoms in total. The lowest BCUT2D eigenvalue weighted by Crippen LogP contribution is -2.41. The average Bonchev–Trinajstić information content (AvgIpc) is 2.36. The molecule has 1 aromatic rings. The number of anilines is 1. The molecule has 1 aliphatic heterocycles. The summed E-state index contributed by atoms with van der Waals surface area (Å²) in [6, 6.07) is 5.32. The van der Waals surface area contributed by atoms with Gasteiger partial charge in [-0.15, -0.1) is 0 Å². The Kier molecular flexibility index (Phi) is 4.12. The van der Waals surface area contributed by atoms with E-state index in [-0.39, 0.29) is 11.5 Å². The molecular weight excluding hydrogens is 272 g/mol. The largest absolute Gasteiger partial charge is 0.385 e. The summed E-state index contributed by atoms with van der Waals surface area (Å²) in [6.07, 6.45) is 1.78. The van der Waals surface area contributed by atoms with Crippen LogP contribution in [0, 0.1) is 5.41 Å². The Hall–Kier alpha value is -1.07. The van der Waals surface area contributed by atoms with Gasteiger partial charge in [0.05, 0.1) is 4.90 Å². The zero-order valence-electron chi connectivity index (χ0n) is 12.7. The van der Waals surface area contributed by atoms with Crippen molar-refractivity contribution in [2.75, 3.05) is 11.9 Å². The van der Waals surface area contributed by atoms with Crippen molar-refractivity contribution in [1.82, 2.24) is 4.72 Å². The fraction of sp³-hybridized carbons (Fsp3) is 0.600. The van der Waals surface area contributed by atoms with E-state index in [9.17, 15) is 8.42 Å². The van der Waals surface area contributed by atoms with Crippen molar-refractivity contribution in [3.8, 4) is 0 Å². The molecule has 1 heterocycles. The molecule has 0 bridgehead atoms. The van der Waals surface area contributed by atoms with Gasteiger partial charge in [0.15, 0.2) is 0 Å². The summed E-state index contributed by atoms with van der Waals surface area (Å²) in [4.78, 5) is 0.415. The average molecular weight is 296 g/mol. The molecule has 0 saturated heterocycles. The first-order chi connectivity index (χ1) is 9.22. The SMILES string of the molecule is CC(NS(=O)(=O)c1cccc2c1CCCN2)C(C)(C)C. The van der Waals surface area contributed by atoms with E-state index in [4.69, 9.17) is 0 Å². The van der Waals surface area contributed by atoms with Crippen molar-refractivity contribution in [1.29, 1.82) is 0 Å². The van der Waals surface area contributed by atoms with Gasteiger partial charge in [-0.05, 0) is 42.9 Å². The molecule has 2 N–H and O–H groups in total. The van der Waals surface area contributed by atoms with Crippen LogP contribution in [0.5, 0.6) is 0 Å². The summed E-state index contributed by atoms with van der Waals surface area (Å²) in [5.41, 5.74) is 1.75. The van der Waals surface area contributed by atoms with Crippen molar-refractivity contribution >= 4 is 15.7 Å². The van der Waals surface area contributed by atoms with Gasteiger partial charge in [0.1, 0.15) is 0 Å². The van der Waals surface area contributed by atoms with Crippen LogP contribution in [0.1, 0.15) is 39.7 Å². The lowest BCUT2D eigenvalue weighted by molar-refractivity contribution is 0.317. The van der Waals surface area contributed by atoms with Gasteiger partial charge in [0, 0.05) is 18.3 Å². The Bertz CT molecular complexity index is 588. The summed E-state index contributed by atoms with van der Waals surface area (Å²) in [6.45, 7) is 8.90. The first kappa shape index (κ1) is 15.3. The molecule has 0 amide bonds. The van der Waals surface area contributed by atoms with E-state index < -0.39 is 10.0 Å². The van der Waals surface area contributed by atoms with E-state index in [1.54, 1.807) is 12.1 Å². The van der Waals surface area contributed by atoms with Crippen molar-refractivity contribution < 1.29 is 8.42 Å². The highest BCUT2D eigenvalue weighted by Gasteiger charge is 2.28. The minimum atomic E-state index is -3.47. The Labute approximate surface area is 122 Å². The van der Waals surface area contributed by atoms with Gasteiger partial charge in [0.2, 0.25) is 10.0 Å². The van der Waals surface area contributed by atoms with Crippen LogP contribution in [0.3, 0.4) is 0 Å². The molecule has 1 atom stereocenters. The minimum absolute atomic E-state index is 0.111. The number of benzene rings is 1. The van der Waals surface area contributed by atoms with E-state index in [2.05, 4.69) is 10.0 Å². The van der Waals surface area contributed by atoms with Gasteiger partial charge in [-0.2, -0.15) is 0 Å². The summed E-state index contributed by atoms with van der Waals surface area (Å²) < 4.78 is 28.1. The predicted octanol–water partition coefficient (Wildman–Crippen LogP) is 2.76. The van der Waals surface area contributed by atoms with Crippen molar-refractivity contribution in [2.24, 2.45) is 5.41 Å². The number of hydrogen-bond acceptors (Lipinski definition) is 3. The van der Waals surface area contributed by atoms with E-state index in [1.807, 2.05) is 33.8 Å². The highest BCUT2D eigenvalue weighted by atomic mass is 32.2. The summed E-state index contributed by atoms with van der Waals surface area (Å²) in [5.74, 6) is 0. The first-order valence-corrected chi connectivity index (χ1v) is 8.58. The maximum Gasteiger partial charge on any atom is 0.241 e. The topological polar surface area (TPSA) is 58.2 Å². The lowest BCUT2D eigenvalue weighted by atomic mass is 9.89. The van der Waals surface area contributed by atoms with Crippen molar-refractivity contribution in [3.05, 3.63) is 23.8 Å². The van der Waals surface area contributed by atoms with Gasteiger partial charge >= 0.3 is 0 Å². The standard InChI is InChI=1S/C15H24N2O2S/c1-11(15(2,3)4)17-20(18,19)14-9-5-8-13-12(14)7-6-10-16-13/h5,8-9,11,16-17H,6-7,10H2,1-4H3. The molecule has 0 fully saturated rings. The predicted molar refractivity (Wildman–Crippen MR) is 82.5 cm³/mol. The molecule has 0 aliphatic carbocycles. The van der Waals surface area contributed by atoms with Gasteiger partial charge in [-0.1, -0.05) is 26.8 Å². The fourth-order valence-corrected chi connectivity index (χ4v) is 3.94. The molecule has 1 aliphatic rings. The molecule has 1 aromatic carbocycles. The van der Waals surface area contributed by atoms with Crippen LogP contribution < -0.4 is 10.0 Å². The molecule has 0 aromatic heterocycles. The first-order valence-electron chi connectivity index (χ1n) is 7.10. The second-order valence-corrected chi connectivity index (χ2v) is 8.20. The highest BCUT2D eigenvalue weighted by molar-refractivity contribution is 7.89. The molecule has 5 heteroatoms. The molecule has 2 rings (SSSR count). The molecule has 112 valence electrons. The molecular formula is C15H24N2O2S. The molecule has 0 saturated carbocycles. The lowest BCUT2D eigenvalue weighted by Gasteiger charge is -2.29. The van der Waals surface area contributed by atoms with E-state index >= 15 is 0 Å². The van der Waals surface area contributed by atoms with E-state index in [0.29, 0.717) is 4.90 Å². The Balaban J connectivity index is 2.35. The Morgan fingerprint density at radius 1 is 1.30 bits per heavy atom. The second-order valence-electron chi connectivity index (χ2n) is 6.52. The van der Waals surface area contributed by atoms with Gasteiger partial charge in [-0.25, -0.2) is 13.1 Å². The smallest absolute Gasteiger partial charge is 0.241 e. The number of sulfonamides is 1. The van der Waals surface area contributed by atoms with Crippen molar-refractivity contribution in [3.63, 3.8) is 0 Å². The van der Waals surface area contributed by atoms with Crippen LogP contribution in [0.25, 0.3) is 0 Å². The van der Waals surface area contributed by atoms with Gasteiger partial charge in [-0.3, -0.25) is 0 Å². The summed E-state index contributed by atoms with van der Waals surface area (Å²) >= 11 is 0. The van der Waals surface area contributed by atoms with E-state index in [1.165, 1.54) is 0 Å². The normalized spacial score (nSPS) is 17.2. The zero-order valence-corrected chi connectivity index (χ0v) is 13.5. The third kappa shape index (κ3) is 3.15. The van der Waals surface area contributed by atoms with Crippen LogP contribution in [0.15, 0.2) is 23.1 Å². The zero-order chi connectivity index (χ0) is 15.0. The summed E-state index contributed by atoms with van der Waals surface area (Å²) in [7, 11) is -3.47. The second kappa shape index (κ2) is 5.37.